The Balaban J connectivity index is 1.48. The van der Waals surface area contributed by atoms with Crippen molar-refractivity contribution in [1.82, 2.24) is 25.1 Å². The first kappa shape index (κ1) is 16.9. The SMILES string of the molecule is CC1CN(C(=O)c2ccc3c(-c4nc5ccccc5[nH]4)n[nH]c3c2)CC(C)O1. The van der Waals surface area contributed by atoms with Crippen molar-refractivity contribution in [1.29, 1.82) is 0 Å². The molecule has 2 aromatic heterocycles. The van der Waals surface area contributed by atoms with Crippen LogP contribution in [-0.2, 0) is 4.74 Å². The summed E-state index contributed by atoms with van der Waals surface area (Å²) in [5.74, 6) is 0.728. The van der Waals surface area contributed by atoms with E-state index in [1.54, 1.807) is 0 Å². The normalized spacial score (nSPS) is 20.1. The number of para-hydroxylation sites is 2. The lowest BCUT2D eigenvalue weighted by Crippen LogP contribution is -2.48. The number of hydrogen-bond donors (Lipinski definition) is 2. The van der Waals surface area contributed by atoms with Crippen molar-refractivity contribution < 1.29 is 9.53 Å². The van der Waals surface area contributed by atoms with Crippen LogP contribution in [0.5, 0.6) is 0 Å². The molecule has 0 spiro atoms. The number of H-pyrrole nitrogens is 2. The fourth-order valence-electron chi connectivity index (χ4n) is 3.92. The summed E-state index contributed by atoms with van der Waals surface area (Å²) in [5, 5.41) is 8.41. The molecule has 0 bridgehead atoms. The molecule has 2 atom stereocenters. The molecule has 1 amide bonds. The Morgan fingerprint density at radius 2 is 1.89 bits per heavy atom. The number of morpholine rings is 1. The molecule has 1 saturated heterocycles. The summed E-state index contributed by atoms with van der Waals surface area (Å²) in [5.41, 5.74) is 4.08. The number of fused-ring (bicyclic) bond motifs is 2. The van der Waals surface area contributed by atoms with Gasteiger partial charge in [0.1, 0.15) is 5.69 Å². The zero-order valence-electron chi connectivity index (χ0n) is 15.8. The van der Waals surface area contributed by atoms with E-state index >= 15 is 0 Å². The number of nitrogens with zero attached hydrogens (tertiary/aromatic N) is 3. The Bertz CT molecular complexity index is 1130. The summed E-state index contributed by atoms with van der Waals surface area (Å²) >= 11 is 0. The van der Waals surface area contributed by atoms with Gasteiger partial charge in [0.2, 0.25) is 0 Å². The molecular weight excluding hydrogens is 354 g/mol. The van der Waals surface area contributed by atoms with Crippen LogP contribution in [0.3, 0.4) is 0 Å². The minimum absolute atomic E-state index is 0.0174. The van der Waals surface area contributed by atoms with Crippen LogP contribution in [0.25, 0.3) is 33.5 Å². The van der Waals surface area contributed by atoms with Gasteiger partial charge in [-0.15, -0.1) is 0 Å². The van der Waals surface area contributed by atoms with Crippen LogP contribution in [0, 0.1) is 0 Å². The minimum atomic E-state index is 0.0174. The van der Waals surface area contributed by atoms with Crippen LogP contribution in [0.1, 0.15) is 24.2 Å². The molecular formula is C21H21N5O2. The average molecular weight is 375 g/mol. The molecule has 4 aromatic rings. The van der Waals surface area contributed by atoms with E-state index in [-0.39, 0.29) is 18.1 Å². The van der Waals surface area contributed by atoms with Crippen LogP contribution in [0.15, 0.2) is 42.5 Å². The maximum absolute atomic E-state index is 12.9. The molecule has 0 aliphatic carbocycles. The molecule has 0 saturated carbocycles. The van der Waals surface area contributed by atoms with Gasteiger partial charge in [-0.2, -0.15) is 5.10 Å². The summed E-state index contributed by atoms with van der Waals surface area (Å²) in [7, 11) is 0. The summed E-state index contributed by atoms with van der Waals surface area (Å²) in [6.07, 6.45) is 0.0894. The van der Waals surface area contributed by atoms with Gasteiger partial charge in [0, 0.05) is 24.0 Å². The predicted octanol–water partition coefficient (Wildman–Crippen LogP) is 3.36. The molecule has 3 heterocycles. The topological polar surface area (TPSA) is 86.9 Å². The highest BCUT2D eigenvalue weighted by Gasteiger charge is 2.27. The van der Waals surface area contributed by atoms with E-state index in [4.69, 9.17) is 4.74 Å². The Morgan fingerprint density at radius 1 is 1.11 bits per heavy atom. The highest BCUT2D eigenvalue weighted by Crippen LogP contribution is 2.27. The Labute approximate surface area is 161 Å². The lowest BCUT2D eigenvalue weighted by molar-refractivity contribution is -0.0586. The van der Waals surface area contributed by atoms with Gasteiger partial charge in [0.15, 0.2) is 5.82 Å². The quantitative estimate of drug-likeness (QED) is 0.562. The van der Waals surface area contributed by atoms with Crippen LogP contribution in [0.4, 0.5) is 0 Å². The minimum Gasteiger partial charge on any atom is -0.372 e. The van der Waals surface area contributed by atoms with Crippen molar-refractivity contribution in [3.63, 3.8) is 0 Å². The van der Waals surface area contributed by atoms with Gasteiger partial charge in [-0.3, -0.25) is 9.89 Å². The number of aromatic nitrogens is 4. The molecule has 7 nitrogen and oxygen atoms in total. The third kappa shape index (κ3) is 2.84. The van der Waals surface area contributed by atoms with Crippen molar-refractivity contribution in [3.8, 4) is 11.5 Å². The second-order valence-corrected chi connectivity index (χ2v) is 7.40. The summed E-state index contributed by atoms with van der Waals surface area (Å²) in [6.45, 7) is 5.20. The zero-order valence-corrected chi connectivity index (χ0v) is 15.8. The fraction of sp³-hybridized carbons (Fsp3) is 0.286. The lowest BCUT2D eigenvalue weighted by Gasteiger charge is -2.35. The second kappa shape index (κ2) is 6.45. The van der Waals surface area contributed by atoms with Crippen molar-refractivity contribution in [2.75, 3.05) is 13.1 Å². The van der Waals surface area contributed by atoms with Gasteiger partial charge in [-0.05, 0) is 44.2 Å². The Kier molecular flexibility index (Phi) is 3.91. The van der Waals surface area contributed by atoms with E-state index in [1.165, 1.54) is 0 Å². The monoisotopic (exact) mass is 375 g/mol. The molecule has 1 fully saturated rings. The van der Waals surface area contributed by atoms with Crippen molar-refractivity contribution in [2.24, 2.45) is 0 Å². The molecule has 2 aromatic carbocycles. The third-order valence-electron chi connectivity index (χ3n) is 5.13. The van der Waals surface area contributed by atoms with E-state index in [9.17, 15) is 4.79 Å². The molecule has 0 radical (unpaired) electrons. The molecule has 5 rings (SSSR count). The predicted molar refractivity (Wildman–Crippen MR) is 107 cm³/mol. The highest BCUT2D eigenvalue weighted by molar-refractivity contribution is 6.00. The number of nitrogens with one attached hydrogen (secondary N) is 2. The largest absolute Gasteiger partial charge is 0.372 e. The highest BCUT2D eigenvalue weighted by atomic mass is 16.5. The first-order chi connectivity index (χ1) is 13.6. The lowest BCUT2D eigenvalue weighted by atomic mass is 10.1. The number of hydrogen-bond acceptors (Lipinski definition) is 4. The summed E-state index contributed by atoms with van der Waals surface area (Å²) in [4.78, 5) is 22.7. The van der Waals surface area contributed by atoms with Crippen LogP contribution in [0.2, 0.25) is 0 Å². The number of imidazole rings is 1. The van der Waals surface area contributed by atoms with Crippen LogP contribution in [-0.4, -0.2) is 56.3 Å². The molecule has 7 heteroatoms. The molecule has 2 unspecified atom stereocenters. The van der Waals surface area contributed by atoms with Gasteiger partial charge in [0.25, 0.3) is 5.91 Å². The first-order valence-electron chi connectivity index (χ1n) is 9.46. The first-order valence-corrected chi connectivity index (χ1v) is 9.46. The zero-order chi connectivity index (χ0) is 19.3. The van der Waals surface area contributed by atoms with E-state index in [0.29, 0.717) is 24.5 Å². The molecule has 1 aliphatic heterocycles. The number of benzene rings is 2. The van der Waals surface area contributed by atoms with Crippen LogP contribution < -0.4 is 0 Å². The van der Waals surface area contributed by atoms with Crippen molar-refractivity contribution in [3.05, 3.63) is 48.0 Å². The number of aromatic amines is 2. The smallest absolute Gasteiger partial charge is 0.254 e. The number of ether oxygens (including phenoxy) is 1. The van der Waals surface area contributed by atoms with Crippen molar-refractivity contribution >= 4 is 27.8 Å². The Hall–Kier alpha value is -3.19. The second-order valence-electron chi connectivity index (χ2n) is 7.40. The maximum atomic E-state index is 12.9. The van der Waals surface area contributed by atoms with Gasteiger partial charge in [0.05, 0.1) is 28.8 Å². The standard InChI is InChI=1S/C21H21N5O2/c1-12-10-26(11-13(2)28-12)21(27)14-7-8-15-18(9-14)24-25-19(15)20-22-16-5-3-4-6-17(16)23-20/h3-9,12-13H,10-11H2,1-2H3,(H,22,23)(H,24,25). The van der Waals surface area contributed by atoms with Gasteiger partial charge >= 0.3 is 0 Å². The third-order valence-corrected chi connectivity index (χ3v) is 5.13. The van der Waals surface area contributed by atoms with Gasteiger partial charge in [-0.1, -0.05) is 12.1 Å². The molecule has 1 aliphatic rings. The number of rotatable bonds is 2. The molecule has 142 valence electrons. The maximum Gasteiger partial charge on any atom is 0.254 e. The number of carbonyl (C=O) groups is 1. The number of carbonyl (C=O) groups excluding carboxylic acids is 1. The van der Waals surface area contributed by atoms with E-state index in [2.05, 4.69) is 20.2 Å². The molecule has 2 N–H and O–H groups in total. The van der Waals surface area contributed by atoms with Crippen LogP contribution >= 0.6 is 0 Å². The fourth-order valence-corrected chi connectivity index (χ4v) is 3.92. The van der Waals surface area contributed by atoms with Gasteiger partial charge in [-0.25, -0.2) is 4.98 Å². The average Bonchev–Trinajstić information content (AvgIpc) is 3.29. The van der Waals surface area contributed by atoms with E-state index in [0.717, 1.165) is 27.6 Å². The molecule has 28 heavy (non-hydrogen) atoms. The summed E-state index contributed by atoms with van der Waals surface area (Å²) < 4.78 is 5.73. The number of amides is 1. The van der Waals surface area contributed by atoms with E-state index in [1.807, 2.05) is 61.2 Å². The van der Waals surface area contributed by atoms with Crippen molar-refractivity contribution in [2.45, 2.75) is 26.1 Å². The Morgan fingerprint density at radius 3 is 2.68 bits per heavy atom. The van der Waals surface area contributed by atoms with Gasteiger partial charge < -0.3 is 14.6 Å². The summed E-state index contributed by atoms with van der Waals surface area (Å²) in [6, 6.07) is 13.5. The van der Waals surface area contributed by atoms with E-state index < -0.39 is 0 Å².